The molecule has 0 aliphatic heterocycles. The summed E-state index contributed by atoms with van der Waals surface area (Å²) in [4.78, 5) is 11.1. The van der Waals surface area contributed by atoms with E-state index in [1.165, 1.54) is 30.3 Å². The zero-order valence-corrected chi connectivity index (χ0v) is 15.3. The Bertz CT molecular complexity index is 1040. The maximum atomic E-state index is 13.3. The number of ether oxygens (including phenoxy) is 1. The zero-order chi connectivity index (χ0) is 21.9. The minimum atomic E-state index is -4.47. The summed E-state index contributed by atoms with van der Waals surface area (Å²) in [6.07, 6.45) is -4.81. The third-order valence-electron chi connectivity index (χ3n) is 4.20. The molecular formula is C22H15F5O3. The van der Waals surface area contributed by atoms with Crippen molar-refractivity contribution < 1.29 is 36.6 Å². The van der Waals surface area contributed by atoms with Gasteiger partial charge in [-0.15, -0.1) is 0 Å². The number of alkyl halides is 3. The van der Waals surface area contributed by atoms with Crippen molar-refractivity contribution in [1.29, 1.82) is 0 Å². The summed E-state index contributed by atoms with van der Waals surface area (Å²) in [5.41, 5.74) is 0.657. The molecule has 3 aromatic rings. The normalized spacial score (nSPS) is 11.4. The van der Waals surface area contributed by atoms with Gasteiger partial charge in [-0.05, 0) is 58.7 Å². The first kappa shape index (κ1) is 21.3. The largest absolute Gasteiger partial charge is 0.489 e. The topological polar surface area (TPSA) is 46.5 Å². The molecule has 156 valence electrons. The van der Waals surface area contributed by atoms with E-state index in [-0.39, 0.29) is 24.3 Å². The van der Waals surface area contributed by atoms with Crippen molar-refractivity contribution >= 4 is 5.97 Å². The molecule has 30 heavy (non-hydrogen) atoms. The van der Waals surface area contributed by atoms with Crippen LogP contribution < -0.4 is 4.74 Å². The lowest BCUT2D eigenvalue weighted by molar-refractivity contribution is -0.138. The number of halogens is 5. The van der Waals surface area contributed by atoms with Crippen LogP contribution >= 0.6 is 0 Å². The molecule has 3 aromatic carbocycles. The second-order valence-corrected chi connectivity index (χ2v) is 6.58. The van der Waals surface area contributed by atoms with Gasteiger partial charge in [0.15, 0.2) is 0 Å². The van der Waals surface area contributed by atoms with Crippen molar-refractivity contribution in [2.75, 3.05) is 0 Å². The van der Waals surface area contributed by atoms with Crippen LogP contribution in [0.4, 0.5) is 22.0 Å². The van der Waals surface area contributed by atoms with Crippen molar-refractivity contribution in [2.45, 2.75) is 19.2 Å². The standard InChI is InChI=1S/C22H15F5O3/c23-18-6-14(7-19(24)11-18)12-30-20-8-13(9-21(28)29)5-16(10-20)15-1-3-17(4-2-15)22(25,26)27/h1-8,10-11H,9,12H2,(H,28,29). The van der Waals surface area contributed by atoms with E-state index in [0.717, 1.165) is 30.3 Å². The van der Waals surface area contributed by atoms with Crippen LogP contribution in [0.15, 0.2) is 60.7 Å². The molecule has 0 saturated carbocycles. The Morgan fingerprint density at radius 1 is 0.833 bits per heavy atom. The first-order valence-corrected chi connectivity index (χ1v) is 8.71. The summed E-state index contributed by atoms with van der Waals surface area (Å²) in [6.45, 7) is -0.183. The number of carbonyl (C=O) groups is 1. The number of rotatable bonds is 6. The highest BCUT2D eigenvalue weighted by Crippen LogP contribution is 2.32. The van der Waals surface area contributed by atoms with Gasteiger partial charge in [-0.3, -0.25) is 4.79 Å². The van der Waals surface area contributed by atoms with E-state index in [0.29, 0.717) is 16.7 Å². The number of hydrogen-bond donors (Lipinski definition) is 1. The van der Waals surface area contributed by atoms with E-state index >= 15 is 0 Å². The van der Waals surface area contributed by atoms with Crippen molar-refractivity contribution in [3.8, 4) is 16.9 Å². The monoisotopic (exact) mass is 422 g/mol. The molecule has 0 fully saturated rings. The van der Waals surface area contributed by atoms with Crippen LogP contribution in [0.1, 0.15) is 16.7 Å². The Labute approximate surface area is 168 Å². The van der Waals surface area contributed by atoms with E-state index in [9.17, 15) is 26.7 Å². The van der Waals surface area contributed by atoms with Gasteiger partial charge in [0.05, 0.1) is 12.0 Å². The fourth-order valence-electron chi connectivity index (χ4n) is 2.90. The van der Waals surface area contributed by atoms with Crippen molar-refractivity contribution in [2.24, 2.45) is 0 Å². The first-order chi connectivity index (χ1) is 14.1. The SMILES string of the molecule is O=C(O)Cc1cc(OCc2cc(F)cc(F)c2)cc(-c2ccc(C(F)(F)F)cc2)c1. The predicted octanol–water partition coefficient (Wildman–Crippen LogP) is 5.86. The Hall–Kier alpha value is -3.42. The summed E-state index contributed by atoms with van der Waals surface area (Å²) in [5.74, 6) is -2.41. The molecule has 1 N–H and O–H groups in total. The number of carboxylic acids is 1. The first-order valence-electron chi connectivity index (χ1n) is 8.71. The molecule has 0 saturated heterocycles. The molecule has 0 aliphatic carbocycles. The number of hydrogen-bond acceptors (Lipinski definition) is 2. The lowest BCUT2D eigenvalue weighted by atomic mass is 10.00. The summed E-state index contributed by atoms with van der Waals surface area (Å²) >= 11 is 0. The second kappa shape index (κ2) is 8.52. The van der Waals surface area contributed by atoms with Crippen LogP contribution in [0.5, 0.6) is 5.75 Å². The molecular weight excluding hydrogens is 407 g/mol. The molecule has 3 rings (SSSR count). The maximum absolute atomic E-state index is 13.3. The summed E-state index contributed by atoms with van der Waals surface area (Å²) in [5, 5.41) is 9.07. The number of aliphatic carboxylic acids is 1. The fourth-order valence-corrected chi connectivity index (χ4v) is 2.90. The van der Waals surface area contributed by atoms with Crippen molar-refractivity contribution in [1.82, 2.24) is 0 Å². The lowest BCUT2D eigenvalue weighted by Gasteiger charge is -2.12. The molecule has 0 amide bonds. The van der Waals surface area contributed by atoms with E-state index in [2.05, 4.69) is 0 Å². The van der Waals surface area contributed by atoms with Gasteiger partial charge in [-0.2, -0.15) is 13.2 Å². The van der Waals surface area contributed by atoms with Crippen LogP contribution in [0, 0.1) is 11.6 Å². The molecule has 0 heterocycles. The van der Waals surface area contributed by atoms with Gasteiger partial charge >= 0.3 is 12.1 Å². The van der Waals surface area contributed by atoms with Gasteiger partial charge in [0.25, 0.3) is 0 Å². The Morgan fingerprint density at radius 3 is 2.03 bits per heavy atom. The van der Waals surface area contributed by atoms with Gasteiger partial charge in [-0.1, -0.05) is 18.2 Å². The molecule has 0 bridgehead atoms. The third-order valence-corrected chi connectivity index (χ3v) is 4.20. The molecule has 0 aromatic heterocycles. The fraction of sp³-hybridized carbons (Fsp3) is 0.136. The molecule has 0 aliphatic rings. The van der Waals surface area contributed by atoms with E-state index in [4.69, 9.17) is 9.84 Å². The van der Waals surface area contributed by atoms with Crippen molar-refractivity contribution in [3.63, 3.8) is 0 Å². The van der Waals surface area contributed by atoms with Crippen LogP contribution in [-0.2, 0) is 24.0 Å². The average Bonchev–Trinajstić information content (AvgIpc) is 2.64. The molecule has 0 spiro atoms. The van der Waals surface area contributed by atoms with Crippen molar-refractivity contribution in [3.05, 3.63) is 89.0 Å². The smallest absolute Gasteiger partial charge is 0.416 e. The maximum Gasteiger partial charge on any atom is 0.416 e. The van der Waals surface area contributed by atoms with Gasteiger partial charge in [-0.25, -0.2) is 8.78 Å². The molecule has 3 nitrogen and oxygen atoms in total. The summed E-state index contributed by atoms with van der Waals surface area (Å²) < 4.78 is 70.5. The average molecular weight is 422 g/mol. The lowest BCUT2D eigenvalue weighted by Crippen LogP contribution is -2.04. The van der Waals surface area contributed by atoms with Crippen LogP contribution in [0.3, 0.4) is 0 Å². The van der Waals surface area contributed by atoms with Crippen LogP contribution in [-0.4, -0.2) is 11.1 Å². The molecule has 0 unspecified atom stereocenters. The van der Waals surface area contributed by atoms with Crippen LogP contribution in [0.25, 0.3) is 11.1 Å². The number of carboxylic acid groups (broad SMARTS) is 1. The minimum Gasteiger partial charge on any atom is -0.489 e. The van der Waals surface area contributed by atoms with Gasteiger partial charge in [0, 0.05) is 6.07 Å². The van der Waals surface area contributed by atoms with Gasteiger partial charge in [0.1, 0.15) is 24.0 Å². The van der Waals surface area contributed by atoms with E-state index in [1.54, 1.807) is 0 Å². The minimum absolute atomic E-state index is 0.183. The van der Waals surface area contributed by atoms with E-state index < -0.39 is 29.3 Å². The predicted molar refractivity (Wildman–Crippen MR) is 98.9 cm³/mol. The number of benzene rings is 3. The highest BCUT2D eigenvalue weighted by molar-refractivity contribution is 5.73. The Morgan fingerprint density at radius 2 is 1.47 bits per heavy atom. The zero-order valence-electron chi connectivity index (χ0n) is 15.3. The Balaban J connectivity index is 1.90. The van der Waals surface area contributed by atoms with Crippen LogP contribution in [0.2, 0.25) is 0 Å². The quantitative estimate of drug-likeness (QED) is 0.507. The highest BCUT2D eigenvalue weighted by atomic mass is 19.4. The Kier molecular flexibility index (Phi) is 6.05. The van der Waals surface area contributed by atoms with Gasteiger partial charge in [0.2, 0.25) is 0 Å². The second-order valence-electron chi connectivity index (χ2n) is 6.58. The molecule has 8 heteroatoms. The third kappa shape index (κ3) is 5.56. The highest BCUT2D eigenvalue weighted by Gasteiger charge is 2.30. The molecule has 0 radical (unpaired) electrons. The van der Waals surface area contributed by atoms with E-state index in [1.807, 2.05) is 0 Å². The summed E-state index contributed by atoms with van der Waals surface area (Å²) in [6, 6.07) is 11.8. The van der Waals surface area contributed by atoms with Gasteiger partial charge < -0.3 is 9.84 Å². The molecule has 0 atom stereocenters. The summed E-state index contributed by atoms with van der Waals surface area (Å²) in [7, 11) is 0.